The molecule has 1 aliphatic rings. The summed E-state index contributed by atoms with van der Waals surface area (Å²) in [5.41, 5.74) is 7.20. The largest absolute Gasteiger partial charge is 0.508 e. The summed E-state index contributed by atoms with van der Waals surface area (Å²) in [5.74, 6) is 1.000. The highest BCUT2D eigenvalue weighted by molar-refractivity contribution is 5.94. The highest BCUT2D eigenvalue weighted by Gasteiger charge is 2.16. The minimum atomic E-state index is -0.268. The van der Waals surface area contributed by atoms with Crippen molar-refractivity contribution in [3.8, 4) is 17.2 Å². The first-order chi connectivity index (χ1) is 10.1. The summed E-state index contributed by atoms with van der Waals surface area (Å²) in [4.78, 5) is 12.1. The normalized spacial score (nSPS) is 12.2. The van der Waals surface area contributed by atoms with Crippen molar-refractivity contribution in [1.82, 2.24) is 5.32 Å². The number of carbonyl (C=O) groups excluding carboxylic acids is 1. The van der Waals surface area contributed by atoms with Crippen LogP contribution in [0.15, 0.2) is 36.4 Å². The number of hydrogen-bond acceptors (Lipinski definition) is 5. The number of fused-ring (bicyclic) bond motifs is 1. The van der Waals surface area contributed by atoms with Gasteiger partial charge in [-0.25, -0.2) is 0 Å². The second-order valence-electron chi connectivity index (χ2n) is 4.64. The number of nitrogens with two attached hydrogens (primary N) is 1. The standard InChI is InChI=1S/C15H14N2O4/c16-11-2-3-12(18)10(5-11)7-17-15(19)9-1-4-13-14(6-9)21-8-20-13/h1-6,18H,7-8,16H2,(H,17,19). The van der Waals surface area contributed by atoms with Crippen molar-refractivity contribution in [2.24, 2.45) is 0 Å². The van der Waals surface area contributed by atoms with Gasteiger partial charge in [0.2, 0.25) is 6.79 Å². The molecule has 108 valence electrons. The Balaban J connectivity index is 1.70. The Morgan fingerprint density at radius 2 is 2.00 bits per heavy atom. The van der Waals surface area contributed by atoms with Crippen LogP contribution in [0, 0.1) is 0 Å². The Hall–Kier alpha value is -2.89. The molecule has 0 spiro atoms. The van der Waals surface area contributed by atoms with Crippen molar-refractivity contribution in [1.29, 1.82) is 0 Å². The Morgan fingerprint density at radius 3 is 2.86 bits per heavy atom. The number of benzene rings is 2. The molecule has 0 atom stereocenters. The molecule has 0 saturated heterocycles. The molecule has 2 aromatic carbocycles. The average Bonchev–Trinajstić information content (AvgIpc) is 2.95. The van der Waals surface area contributed by atoms with Gasteiger partial charge in [0.05, 0.1) is 0 Å². The fourth-order valence-electron chi connectivity index (χ4n) is 2.06. The molecule has 2 aromatic rings. The number of amides is 1. The number of rotatable bonds is 3. The molecule has 0 aromatic heterocycles. The first kappa shape index (κ1) is 13.1. The van der Waals surface area contributed by atoms with Crippen LogP contribution in [0.1, 0.15) is 15.9 Å². The van der Waals surface area contributed by atoms with Crippen LogP contribution < -0.4 is 20.5 Å². The summed E-state index contributed by atoms with van der Waals surface area (Å²) in [6.07, 6.45) is 0. The maximum Gasteiger partial charge on any atom is 0.251 e. The number of nitrogens with one attached hydrogen (secondary N) is 1. The quantitative estimate of drug-likeness (QED) is 0.589. The second kappa shape index (κ2) is 5.24. The third-order valence-corrected chi connectivity index (χ3v) is 3.18. The topological polar surface area (TPSA) is 93.8 Å². The van der Waals surface area contributed by atoms with Gasteiger partial charge in [0.15, 0.2) is 11.5 Å². The maximum atomic E-state index is 12.1. The Kier molecular flexibility index (Phi) is 3.27. The van der Waals surface area contributed by atoms with Crippen molar-refractivity contribution in [2.75, 3.05) is 12.5 Å². The zero-order valence-corrected chi connectivity index (χ0v) is 11.1. The summed E-state index contributed by atoms with van der Waals surface area (Å²) < 4.78 is 10.4. The Bertz CT molecular complexity index is 700. The molecule has 6 heteroatoms. The van der Waals surface area contributed by atoms with E-state index in [1.165, 1.54) is 6.07 Å². The number of anilines is 1. The molecule has 0 aliphatic carbocycles. The molecule has 1 heterocycles. The fraction of sp³-hybridized carbons (Fsp3) is 0.133. The molecule has 1 amide bonds. The molecule has 6 nitrogen and oxygen atoms in total. The summed E-state index contributed by atoms with van der Waals surface area (Å²) >= 11 is 0. The van der Waals surface area contributed by atoms with Crippen LogP contribution in [-0.2, 0) is 6.54 Å². The van der Waals surface area contributed by atoms with Gasteiger partial charge in [-0.1, -0.05) is 0 Å². The van der Waals surface area contributed by atoms with E-state index in [-0.39, 0.29) is 25.0 Å². The highest BCUT2D eigenvalue weighted by atomic mass is 16.7. The maximum absolute atomic E-state index is 12.1. The van der Waals surface area contributed by atoms with Crippen LogP contribution in [0.5, 0.6) is 17.2 Å². The number of aromatic hydroxyl groups is 1. The van der Waals surface area contributed by atoms with Crippen LogP contribution >= 0.6 is 0 Å². The van der Waals surface area contributed by atoms with Gasteiger partial charge in [-0.2, -0.15) is 0 Å². The molecular weight excluding hydrogens is 272 g/mol. The Labute approximate surface area is 121 Å². The molecule has 0 saturated carbocycles. The third kappa shape index (κ3) is 2.69. The van der Waals surface area contributed by atoms with Gasteiger partial charge >= 0.3 is 0 Å². The number of carbonyl (C=O) groups is 1. The summed E-state index contributed by atoms with van der Waals surface area (Å²) in [7, 11) is 0. The smallest absolute Gasteiger partial charge is 0.251 e. The first-order valence-corrected chi connectivity index (χ1v) is 6.39. The molecule has 4 N–H and O–H groups in total. The summed E-state index contributed by atoms with van der Waals surface area (Å²) in [5, 5.41) is 12.4. The lowest BCUT2D eigenvalue weighted by atomic mass is 10.1. The molecule has 0 fully saturated rings. The predicted molar refractivity (Wildman–Crippen MR) is 76.3 cm³/mol. The van der Waals surface area contributed by atoms with E-state index in [2.05, 4.69) is 5.32 Å². The van der Waals surface area contributed by atoms with E-state index in [1.54, 1.807) is 30.3 Å². The van der Waals surface area contributed by atoms with E-state index in [0.717, 1.165) is 0 Å². The molecule has 1 aliphatic heterocycles. The number of phenols is 1. The number of ether oxygens (including phenoxy) is 2. The third-order valence-electron chi connectivity index (χ3n) is 3.18. The summed E-state index contributed by atoms with van der Waals surface area (Å²) in [6, 6.07) is 9.68. The molecule has 3 rings (SSSR count). The molecule has 0 radical (unpaired) electrons. The zero-order valence-electron chi connectivity index (χ0n) is 11.1. The van der Waals surface area contributed by atoms with Gasteiger partial charge in [-0.15, -0.1) is 0 Å². The minimum absolute atomic E-state index is 0.0928. The van der Waals surface area contributed by atoms with Gasteiger partial charge in [0, 0.05) is 23.4 Å². The fourth-order valence-corrected chi connectivity index (χ4v) is 2.06. The first-order valence-electron chi connectivity index (χ1n) is 6.39. The van der Waals surface area contributed by atoms with Crippen LogP contribution in [0.2, 0.25) is 0 Å². The lowest BCUT2D eigenvalue weighted by Crippen LogP contribution is -2.22. The molecule has 0 bridgehead atoms. The van der Waals surface area contributed by atoms with Crippen molar-refractivity contribution >= 4 is 11.6 Å². The van der Waals surface area contributed by atoms with Gasteiger partial charge < -0.3 is 25.6 Å². The predicted octanol–water partition coefficient (Wildman–Crippen LogP) is 1.63. The molecule has 0 unspecified atom stereocenters. The van der Waals surface area contributed by atoms with Gasteiger partial charge in [0.1, 0.15) is 5.75 Å². The monoisotopic (exact) mass is 286 g/mol. The number of hydrogen-bond donors (Lipinski definition) is 3. The van der Waals surface area contributed by atoms with Crippen LogP contribution in [0.4, 0.5) is 5.69 Å². The van der Waals surface area contributed by atoms with Crippen molar-refractivity contribution in [3.63, 3.8) is 0 Å². The van der Waals surface area contributed by atoms with E-state index in [4.69, 9.17) is 15.2 Å². The van der Waals surface area contributed by atoms with Crippen molar-refractivity contribution < 1.29 is 19.4 Å². The van der Waals surface area contributed by atoms with Gasteiger partial charge in [-0.05, 0) is 36.4 Å². The lowest BCUT2D eigenvalue weighted by Gasteiger charge is -2.08. The average molecular weight is 286 g/mol. The Morgan fingerprint density at radius 1 is 1.19 bits per heavy atom. The van der Waals surface area contributed by atoms with Crippen LogP contribution in [-0.4, -0.2) is 17.8 Å². The molecule has 21 heavy (non-hydrogen) atoms. The highest BCUT2D eigenvalue weighted by Crippen LogP contribution is 2.32. The summed E-state index contributed by atoms with van der Waals surface area (Å²) in [6.45, 7) is 0.349. The van der Waals surface area contributed by atoms with Gasteiger partial charge in [0.25, 0.3) is 5.91 Å². The van der Waals surface area contributed by atoms with Crippen molar-refractivity contribution in [2.45, 2.75) is 6.54 Å². The van der Waals surface area contributed by atoms with Crippen molar-refractivity contribution in [3.05, 3.63) is 47.5 Å². The van der Waals surface area contributed by atoms with Gasteiger partial charge in [-0.3, -0.25) is 4.79 Å². The van der Waals surface area contributed by atoms with E-state index in [0.29, 0.717) is 28.3 Å². The number of phenolic OH excluding ortho intramolecular Hbond substituents is 1. The van der Waals surface area contributed by atoms with Crippen LogP contribution in [0.25, 0.3) is 0 Å². The SMILES string of the molecule is Nc1ccc(O)c(CNC(=O)c2ccc3c(c2)OCO3)c1. The zero-order chi connectivity index (χ0) is 14.8. The minimum Gasteiger partial charge on any atom is -0.508 e. The van der Waals surface area contributed by atoms with E-state index in [9.17, 15) is 9.90 Å². The molecular formula is C15H14N2O4. The second-order valence-corrected chi connectivity index (χ2v) is 4.64. The van der Waals surface area contributed by atoms with E-state index < -0.39 is 0 Å². The lowest BCUT2D eigenvalue weighted by molar-refractivity contribution is 0.0950. The number of nitrogen functional groups attached to an aromatic ring is 1. The van der Waals surface area contributed by atoms with E-state index >= 15 is 0 Å². The van der Waals surface area contributed by atoms with Crippen LogP contribution in [0.3, 0.4) is 0 Å². The van der Waals surface area contributed by atoms with E-state index in [1.807, 2.05) is 0 Å².